The molecule has 0 radical (unpaired) electrons. The molecule has 0 spiro atoms. The van der Waals surface area contributed by atoms with Gasteiger partial charge >= 0.3 is 18.2 Å². The van der Waals surface area contributed by atoms with Crippen molar-refractivity contribution in [1.29, 1.82) is 0 Å². The maximum atomic E-state index is 16.2. The Morgan fingerprint density at radius 1 is 0.577 bits per heavy atom. The van der Waals surface area contributed by atoms with Crippen molar-refractivity contribution in [1.82, 2.24) is 57.7 Å². The fraction of sp³-hybridized carbons (Fsp3) is 0.453. The number of imide groups is 1. The topological polar surface area (TPSA) is 491 Å². The van der Waals surface area contributed by atoms with Crippen molar-refractivity contribution >= 4 is 94.4 Å². The number of hydrogen-bond donors (Lipinski definition) is 16. The molecule has 16 N–H and O–H groups in total. The first-order valence-electron chi connectivity index (χ1n) is 40.3. The normalized spacial score (nSPS) is 23.2. The highest BCUT2D eigenvalue weighted by atomic mass is 35.5. The first kappa shape index (κ1) is 90.2. The monoisotopic (exact) mass is 1740 g/mol. The molecule has 15 bridgehead atoms. The minimum absolute atomic E-state index is 0.0133. The van der Waals surface area contributed by atoms with E-state index in [2.05, 4.69) is 53.2 Å². The number of phenols is 4. The number of rotatable bonds is 18. The van der Waals surface area contributed by atoms with Gasteiger partial charge in [0.15, 0.2) is 23.0 Å². The summed E-state index contributed by atoms with van der Waals surface area (Å²) in [5.74, 6) is -13.3. The van der Waals surface area contributed by atoms with Crippen LogP contribution in [0.5, 0.6) is 57.5 Å². The largest absolute Gasteiger partial charge is 0.508 e. The van der Waals surface area contributed by atoms with Gasteiger partial charge < -0.3 is 117 Å². The standard InChI is InChI=1S/C86H102Cl2N12O23/c1-39(2)24-54(89-9)75(108)97-70-72(105)43-13-17-58(52(87)31-43)120-62-33-47-34-63(74(62)107)121-59-18-14-44(32-53(59)88)73(106)71-81(114)96-69(79(112)93-66-45-26-40-25-41(28-45)29-46(66)27-40)51-36-49(101)37-57(103)65(51)50-30-42(12-16-56(50)102)67(77(110)98-71)95-78(111)68(47)94-76(109)55(91-80(70)113)38-64(104)92-82(115)90-48-15-19-60(118-22-20-99(10)83(116)122-85(3,4)5)61(35-48)119-23-21-100(11)84(117)123-86(6,7)8/h12-19,30-37,39-41,45-46,54-55,66-73,89,101-103,105-107H,20-29,38H2,1-11H3,(H,91,113)(H,93,112)(H,94,109)(H,95,111)(H,96,114)(H,97,108)(H,98,110)(H2,90,92,104,115)/t40?,41?,45?,46?,54-,55+,66?,67-,68-,69+,70-,71+,72-,73-/m1/s1. The van der Waals surface area contributed by atoms with Crippen LogP contribution in [0.15, 0.2) is 97.1 Å². The summed E-state index contributed by atoms with van der Waals surface area (Å²) in [6, 6.07) is 3.13. The summed E-state index contributed by atoms with van der Waals surface area (Å²) < 4.78 is 35.8. The Hall–Kier alpha value is -12.1. The van der Waals surface area contributed by atoms with Gasteiger partial charge in [-0.1, -0.05) is 55.2 Å². The van der Waals surface area contributed by atoms with Crippen LogP contribution in [0.4, 0.5) is 20.1 Å². The van der Waals surface area contributed by atoms with E-state index >= 15 is 28.8 Å². The number of aliphatic hydroxyl groups is 2. The van der Waals surface area contributed by atoms with Crippen LogP contribution in [-0.4, -0.2) is 195 Å². The first-order valence-corrected chi connectivity index (χ1v) is 41.1. The van der Waals surface area contributed by atoms with Gasteiger partial charge in [0.05, 0.1) is 35.6 Å². The van der Waals surface area contributed by atoms with Gasteiger partial charge in [-0.3, -0.25) is 43.7 Å². The quantitative estimate of drug-likeness (QED) is 0.0383. The van der Waals surface area contributed by atoms with Gasteiger partial charge in [0, 0.05) is 49.1 Å². The molecule has 0 unspecified atom stereocenters. The van der Waals surface area contributed by atoms with Crippen molar-refractivity contribution in [3.63, 3.8) is 0 Å². The molecule has 12 amide bonds. The third-order valence-corrected chi connectivity index (χ3v) is 22.7. The average Bonchev–Trinajstić information content (AvgIpc) is 0.756. The molecule has 15 rings (SSSR count). The zero-order chi connectivity index (χ0) is 89.1. The van der Waals surface area contributed by atoms with E-state index in [-0.39, 0.29) is 129 Å². The average molecular weight is 1740 g/mol. The Balaban J connectivity index is 0.940. The molecule has 9 atom stereocenters. The van der Waals surface area contributed by atoms with Crippen LogP contribution in [0.2, 0.25) is 10.0 Å². The second-order valence-corrected chi connectivity index (χ2v) is 35.0. The number of aliphatic hydroxyl groups excluding tert-OH is 2. The molecule has 4 saturated carbocycles. The van der Waals surface area contributed by atoms with Crippen molar-refractivity contribution in [3.8, 4) is 68.6 Å². The van der Waals surface area contributed by atoms with E-state index in [1.807, 2.05) is 13.8 Å². The van der Waals surface area contributed by atoms with Crippen molar-refractivity contribution in [3.05, 3.63) is 135 Å². The van der Waals surface area contributed by atoms with E-state index in [1.165, 1.54) is 73.4 Å². The molecular formula is C86H102Cl2N12O23. The van der Waals surface area contributed by atoms with E-state index in [0.29, 0.717) is 11.8 Å². The summed E-state index contributed by atoms with van der Waals surface area (Å²) >= 11 is 14.0. The number of likely N-dealkylation sites (N-methyl/N-ethyl adjacent to an activating group) is 3. The Morgan fingerprint density at radius 2 is 1.13 bits per heavy atom. The number of hydrogen-bond acceptors (Lipinski definition) is 24. The van der Waals surface area contributed by atoms with Crippen LogP contribution in [0.3, 0.4) is 0 Å². The Bertz CT molecular complexity index is 5090. The second kappa shape index (κ2) is 37.3. The van der Waals surface area contributed by atoms with Gasteiger partial charge in [-0.25, -0.2) is 14.4 Å². The molecule has 35 nitrogen and oxygen atoms in total. The number of carbonyl (C=O) groups is 11. The Labute approximate surface area is 718 Å². The number of urea groups is 1. The van der Waals surface area contributed by atoms with Gasteiger partial charge in [-0.05, 0) is 211 Å². The first-order chi connectivity index (χ1) is 58.0. The highest BCUT2D eigenvalue weighted by Gasteiger charge is 2.50. The van der Waals surface area contributed by atoms with Gasteiger partial charge in [-0.15, -0.1) is 0 Å². The Morgan fingerprint density at radius 3 is 1.70 bits per heavy atom. The number of halogens is 2. The Kier molecular flexibility index (Phi) is 27.4. The van der Waals surface area contributed by atoms with E-state index in [0.717, 1.165) is 86.7 Å². The molecule has 5 aliphatic heterocycles. The number of benzene rings is 6. The number of aromatic hydroxyl groups is 4. The lowest BCUT2D eigenvalue weighted by Gasteiger charge is -2.54. The molecule has 4 aliphatic carbocycles. The fourth-order valence-electron chi connectivity index (χ4n) is 16.4. The summed E-state index contributed by atoms with van der Waals surface area (Å²) in [5.41, 5.74) is -3.68. The number of phenolic OH excluding ortho intramolecular Hbond substituents is 4. The van der Waals surface area contributed by atoms with Crippen molar-refractivity contribution in [2.45, 2.75) is 172 Å². The van der Waals surface area contributed by atoms with E-state index in [4.69, 9.17) is 51.6 Å². The molecule has 658 valence electrons. The third kappa shape index (κ3) is 21.5. The molecule has 9 aliphatic rings. The lowest BCUT2D eigenvalue weighted by molar-refractivity contribution is -0.138. The smallest absolute Gasteiger partial charge is 0.410 e. The minimum Gasteiger partial charge on any atom is -0.508 e. The van der Waals surface area contributed by atoms with Crippen molar-refractivity contribution in [2.24, 2.45) is 29.6 Å². The number of anilines is 1. The molecule has 0 aromatic heterocycles. The zero-order valence-electron chi connectivity index (χ0n) is 69.4. The molecule has 4 fully saturated rings. The lowest BCUT2D eigenvalue weighted by Crippen LogP contribution is -2.59. The summed E-state index contributed by atoms with van der Waals surface area (Å²) in [7, 11) is 4.46. The van der Waals surface area contributed by atoms with Crippen LogP contribution in [-0.2, 0) is 47.8 Å². The molecule has 6 aromatic carbocycles. The van der Waals surface area contributed by atoms with Crippen LogP contribution < -0.4 is 72.1 Å². The molecule has 6 aromatic rings. The lowest BCUT2D eigenvalue weighted by atomic mass is 9.54. The van der Waals surface area contributed by atoms with Gasteiger partial charge in [-0.2, -0.15) is 0 Å². The van der Waals surface area contributed by atoms with Crippen molar-refractivity contribution < 1.29 is 112 Å². The highest BCUT2D eigenvalue weighted by Crippen LogP contribution is 2.55. The van der Waals surface area contributed by atoms with Crippen LogP contribution in [0.25, 0.3) is 11.1 Å². The predicted molar refractivity (Wildman–Crippen MR) is 445 cm³/mol. The van der Waals surface area contributed by atoms with Gasteiger partial charge in [0.25, 0.3) is 0 Å². The van der Waals surface area contributed by atoms with Gasteiger partial charge in [0.1, 0.15) is 102 Å². The van der Waals surface area contributed by atoms with E-state index < -0.39 is 178 Å². The molecule has 0 saturated heterocycles. The maximum absolute atomic E-state index is 16.2. The molecule has 37 heteroatoms. The number of nitrogens with one attached hydrogen (secondary N) is 10. The third-order valence-electron chi connectivity index (χ3n) is 22.1. The van der Waals surface area contributed by atoms with Crippen LogP contribution in [0.1, 0.15) is 158 Å². The summed E-state index contributed by atoms with van der Waals surface area (Å²) in [6.07, 6.45) is -2.08. The minimum atomic E-state index is -2.32. The SMILES string of the molecule is CN[C@H](CC(C)C)C(=O)N[C@H]1C(=O)N[C@@H](CC(=O)NC(=O)Nc2ccc(OCCN(C)C(=O)OC(C)(C)C)c(OCCN(C)C(=O)OC(C)(C)C)c2)C(=O)N[C@H]2C(=O)N[C@H]3C(=O)N[C@H](C(=O)N[C@H](C(=O)NC4C5CC6CC(C5)CC4C6)c4cc(O)cc(O)c4-c4cc3ccc4O)[C@H](O)c3ccc(c(Cl)c3)Oc3cc2cc(c3O)Oc2ccc(cc2Cl)[C@H]1O. The number of amides is 12. The second-order valence-electron chi connectivity index (χ2n) is 34.2. The number of nitrogens with zero attached hydrogens (tertiary/aromatic N) is 2. The predicted octanol–water partition coefficient (Wildman–Crippen LogP) is 8.61. The molecular weight excluding hydrogens is 1640 g/mol. The number of carbonyl (C=O) groups excluding carboxylic acids is 11. The van der Waals surface area contributed by atoms with E-state index in [1.54, 1.807) is 41.5 Å². The summed E-state index contributed by atoms with van der Waals surface area (Å²) in [6.45, 7) is 13.6. The zero-order valence-corrected chi connectivity index (χ0v) is 71.0. The highest BCUT2D eigenvalue weighted by molar-refractivity contribution is 6.32. The molecule has 123 heavy (non-hydrogen) atoms. The fourth-order valence-corrected chi connectivity index (χ4v) is 16.8. The van der Waals surface area contributed by atoms with Crippen molar-refractivity contribution in [2.75, 3.05) is 52.8 Å². The van der Waals surface area contributed by atoms with Gasteiger partial charge in [0.2, 0.25) is 53.0 Å². The van der Waals surface area contributed by atoms with E-state index in [9.17, 15) is 54.6 Å². The van der Waals surface area contributed by atoms with Crippen LogP contribution in [0, 0.1) is 29.6 Å². The summed E-state index contributed by atoms with van der Waals surface area (Å²) in [4.78, 5) is 166. The maximum Gasteiger partial charge on any atom is 0.410 e. The summed E-state index contributed by atoms with van der Waals surface area (Å²) in [5, 5.41) is 98.2. The number of fused-ring (bicyclic) bond motifs is 15. The number of ether oxygens (including phenoxy) is 6. The molecule has 5 heterocycles. The van der Waals surface area contributed by atoms with Crippen LogP contribution >= 0.6 is 23.2 Å².